The SMILES string of the molecule is C[C@H]1Cc2ccccc2N1CCCNC(=O)c1cccc(I)c1. The van der Waals surface area contributed by atoms with Crippen LogP contribution >= 0.6 is 22.6 Å². The second-order valence-electron chi connectivity index (χ2n) is 6.00. The molecule has 1 aliphatic rings. The Balaban J connectivity index is 1.50. The largest absolute Gasteiger partial charge is 0.368 e. The Morgan fingerprint density at radius 1 is 1.26 bits per heavy atom. The summed E-state index contributed by atoms with van der Waals surface area (Å²) in [5.74, 6) is 0.0124. The van der Waals surface area contributed by atoms with E-state index >= 15 is 0 Å². The van der Waals surface area contributed by atoms with Gasteiger partial charge in [0.1, 0.15) is 0 Å². The van der Waals surface area contributed by atoms with Crippen LogP contribution in [0.4, 0.5) is 5.69 Å². The molecule has 0 saturated heterocycles. The Morgan fingerprint density at radius 3 is 2.91 bits per heavy atom. The van der Waals surface area contributed by atoms with Gasteiger partial charge in [0.15, 0.2) is 0 Å². The predicted molar refractivity (Wildman–Crippen MR) is 103 cm³/mol. The number of nitrogens with zero attached hydrogens (tertiary/aromatic N) is 1. The molecule has 1 amide bonds. The van der Waals surface area contributed by atoms with E-state index in [1.165, 1.54) is 11.3 Å². The van der Waals surface area contributed by atoms with Crippen molar-refractivity contribution in [1.82, 2.24) is 5.32 Å². The van der Waals surface area contributed by atoms with Gasteiger partial charge in [0.2, 0.25) is 0 Å². The van der Waals surface area contributed by atoms with Crippen LogP contribution in [0.2, 0.25) is 0 Å². The standard InChI is InChI=1S/C19H21IN2O/c1-14-12-15-6-2-3-9-18(15)22(14)11-5-10-21-19(23)16-7-4-8-17(20)13-16/h2-4,6-9,13-14H,5,10-12H2,1H3,(H,21,23)/t14-/m0/s1. The van der Waals surface area contributed by atoms with E-state index in [9.17, 15) is 4.79 Å². The average molecular weight is 420 g/mol. The van der Waals surface area contributed by atoms with E-state index in [1.807, 2.05) is 24.3 Å². The number of hydrogen-bond donors (Lipinski definition) is 1. The molecule has 0 unspecified atom stereocenters. The third-order valence-corrected chi connectivity index (χ3v) is 4.97. The van der Waals surface area contributed by atoms with Gasteiger partial charge in [-0.05, 0) is 72.2 Å². The van der Waals surface area contributed by atoms with E-state index in [0.717, 1.165) is 28.5 Å². The molecule has 2 aromatic rings. The van der Waals surface area contributed by atoms with Gasteiger partial charge in [-0.15, -0.1) is 0 Å². The number of anilines is 1. The van der Waals surface area contributed by atoms with Crippen LogP contribution in [0.5, 0.6) is 0 Å². The molecule has 0 fully saturated rings. The van der Waals surface area contributed by atoms with Crippen LogP contribution in [0.25, 0.3) is 0 Å². The van der Waals surface area contributed by atoms with Gasteiger partial charge in [-0.2, -0.15) is 0 Å². The summed E-state index contributed by atoms with van der Waals surface area (Å²) in [6, 6.07) is 16.8. The first-order chi connectivity index (χ1) is 11.1. The van der Waals surface area contributed by atoms with Gasteiger partial charge in [0.25, 0.3) is 5.91 Å². The van der Waals surface area contributed by atoms with Gasteiger partial charge in [-0.25, -0.2) is 0 Å². The molecule has 23 heavy (non-hydrogen) atoms. The van der Waals surface area contributed by atoms with Gasteiger partial charge in [0, 0.05) is 34.0 Å². The third kappa shape index (κ3) is 3.86. The number of halogens is 1. The third-order valence-electron chi connectivity index (χ3n) is 4.30. The molecule has 0 saturated carbocycles. The number of rotatable bonds is 5. The normalized spacial score (nSPS) is 16.3. The molecule has 0 radical (unpaired) electrons. The summed E-state index contributed by atoms with van der Waals surface area (Å²) in [7, 11) is 0. The van der Waals surface area contributed by atoms with E-state index < -0.39 is 0 Å². The lowest BCUT2D eigenvalue weighted by Crippen LogP contribution is -2.33. The maximum Gasteiger partial charge on any atom is 0.251 e. The van der Waals surface area contributed by atoms with Crippen LogP contribution in [0, 0.1) is 3.57 Å². The molecule has 2 aromatic carbocycles. The minimum atomic E-state index is 0.0124. The van der Waals surface area contributed by atoms with Gasteiger partial charge < -0.3 is 10.2 Å². The summed E-state index contributed by atoms with van der Waals surface area (Å²) in [4.78, 5) is 14.6. The number of amides is 1. The first kappa shape index (κ1) is 16.3. The molecule has 1 atom stereocenters. The fourth-order valence-corrected chi connectivity index (χ4v) is 3.70. The Hall–Kier alpha value is -1.56. The lowest BCUT2D eigenvalue weighted by molar-refractivity contribution is 0.0953. The highest BCUT2D eigenvalue weighted by molar-refractivity contribution is 14.1. The summed E-state index contributed by atoms with van der Waals surface area (Å²) in [5, 5.41) is 3.02. The quantitative estimate of drug-likeness (QED) is 0.589. The van der Waals surface area contributed by atoms with Gasteiger partial charge in [0.05, 0.1) is 0 Å². The number of benzene rings is 2. The van der Waals surface area contributed by atoms with Crippen molar-refractivity contribution < 1.29 is 4.79 Å². The lowest BCUT2D eigenvalue weighted by Gasteiger charge is -2.24. The van der Waals surface area contributed by atoms with Crippen molar-refractivity contribution in [2.75, 3.05) is 18.0 Å². The zero-order chi connectivity index (χ0) is 16.2. The molecule has 0 aromatic heterocycles. The number of fused-ring (bicyclic) bond motifs is 1. The Labute approximate surface area is 151 Å². The number of hydrogen-bond acceptors (Lipinski definition) is 2. The van der Waals surface area contributed by atoms with E-state index in [1.54, 1.807) is 0 Å². The highest BCUT2D eigenvalue weighted by atomic mass is 127. The molecule has 1 N–H and O–H groups in total. The molecule has 4 heteroatoms. The molecule has 0 bridgehead atoms. The summed E-state index contributed by atoms with van der Waals surface area (Å²) in [5.41, 5.74) is 3.52. The average Bonchev–Trinajstić information content (AvgIpc) is 2.87. The fraction of sp³-hybridized carbons (Fsp3) is 0.316. The van der Waals surface area contributed by atoms with E-state index in [0.29, 0.717) is 12.6 Å². The fourth-order valence-electron chi connectivity index (χ4n) is 3.15. The summed E-state index contributed by atoms with van der Waals surface area (Å²) >= 11 is 2.23. The van der Waals surface area contributed by atoms with Crippen LogP contribution in [0.3, 0.4) is 0 Å². The topological polar surface area (TPSA) is 32.3 Å². The molecule has 120 valence electrons. The molecule has 1 aliphatic heterocycles. The van der Waals surface area contributed by atoms with Crippen molar-refractivity contribution in [1.29, 1.82) is 0 Å². The first-order valence-electron chi connectivity index (χ1n) is 8.03. The monoisotopic (exact) mass is 420 g/mol. The van der Waals surface area contributed by atoms with Gasteiger partial charge in [-0.3, -0.25) is 4.79 Å². The minimum Gasteiger partial charge on any atom is -0.368 e. The highest BCUT2D eigenvalue weighted by Gasteiger charge is 2.24. The van der Waals surface area contributed by atoms with Crippen LogP contribution in [-0.2, 0) is 6.42 Å². The zero-order valence-electron chi connectivity index (χ0n) is 13.3. The predicted octanol–water partition coefficient (Wildman–Crippen LogP) is 3.86. The van der Waals surface area contributed by atoms with Crippen LogP contribution in [-0.4, -0.2) is 25.0 Å². The lowest BCUT2D eigenvalue weighted by atomic mass is 10.1. The smallest absolute Gasteiger partial charge is 0.251 e. The molecular formula is C19H21IN2O. The molecule has 3 nitrogen and oxygen atoms in total. The van der Waals surface area contributed by atoms with Crippen molar-refractivity contribution in [3.63, 3.8) is 0 Å². The number of carbonyl (C=O) groups is 1. The number of nitrogens with one attached hydrogen (secondary N) is 1. The maximum absolute atomic E-state index is 12.1. The first-order valence-corrected chi connectivity index (χ1v) is 9.11. The van der Waals surface area contributed by atoms with Crippen LogP contribution in [0.15, 0.2) is 48.5 Å². The maximum atomic E-state index is 12.1. The molecule has 3 rings (SSSR count). The molecule has 0 aliphatic carbocycles. The molecular weight excluding hydrogens is 399 g/mol. The van der Waals surface area contributed by atoms with Crippen molar-refractivity contribution in [2.45, 2.75) is 25.8 Å². The van der Waals surface area contributed by atoms with E-state index in [2.05, 4.69) is 64.0 Å². The number of para-hydroxylation sites is 1. The van der Waals surface area contributed by atoms with E-state index in [4.69, 9.17) is 0 Å². The summed E-state index contributed by atoms with van der Waals surface area (Å²) < 4.78 is 1.08. The molecule has 0 spiro atoms. The van der Waals surface area contributed by atoms with Crippen LogP contribution < -0.4 is 10.2 Å². The van der Waals surface area contributed by atoms with Crippen LogP contribution in [0.1, 0.15) is 29.3 Å². The Morgan fingerprint density at radius 2 is 2.09 bits per heavy atom. The van der Waals surface area contributed by atoms with Crippen molar-refractivity contribution in [3.8, 4) is 0 Å². The summed E-state index contributed by atoms with van der Waals surface area (Å²) in [6.45, 7) is 3.95. The van der Waals surface area contributed by atoms with Gasteiger partial charge in [-0.1, -0.05) is 24.3 Å². The molecule has 1 heterocycles. The van der Waals surface area contributed by atoms with Crippen molar-refractivity contribution in [3.05, 3.63) is 63.2 Å². The van der Waals surface area contributed by atoms with Crippen molar-refractivity contribution in [2.24, 2.45) is 0 Å². The van der Waals surface area contributed by atoms with Gasteiger partial charge >= 0.3 is 0 Å². The highest BCUT2D eigenvalue weighted by Crippen LogP contribution is 2.31. The second kappa shape index (κ2) is 7.34. The Bertz CT molecular complexity index is 701. The minimum absolute atomic E-state index is 0.0124. The second-order valence-corrected chi connectivity index (χ2v) is 7.24. The summed E-state index contributed by atoms with van der Waals surface area (Å²) in [6.07, 6.45) is 2.07. The number of carbonyl (C=O) groups excluding carboxylic acids is 1. The zero-order valence-corrected chi connectivity index (χ0v) is 15.4. The van der Waals surface area contributed by atoms with E-state index in [-0.39, 0.29) is 5.91 Å². The Kier molecular flexibility index (Phi) is 5.20. The van der Waals surface area contributed by atoms with Crippen molar-refractivity contribution >= 4 is 34.2 Å².